The first kappa shape index (κ1) is 11.1. The molecule has 1 aliphatic heterocycles. The fourth-order valence-electron chi connectivity index (χ4n) is 2.01. The van der Waals surface area contributed by atoms with Gasteiger partial charge in [0.25, 0.3) is 0 Å². The molecule has 1 heterocycles. The van der Waals surface area contributed by atoms with Crippen molar-refractivity contribution >= 4 is 5.91 Å². The van der Waals surface area contributed by atoms with Gasteiger partial charge in [-0.05, 0) is 31.0 Å². The smallest absolute Gasteiger partial charge is 0.224 e. The summed E-state index contributed by atoms with van der Waals surface area (Å²) < 4.78 is 0. The average Bonchev–Trinajstić information content (AvgIpc) is 2.81. The molecule has 1 aliphatic rings. The molecule has 0 radical (unpaired) electrons. The van der Waals surface area contributed by atoms with Crippen LogP contribution in [0.1, 0.15) is 17.5 Å². The van der Waals surface area contributed by atoms with Crippen LogP contribution in [0.25, 0.3) is 0 Å². The standard InChI is InChI=1S/C13H18N2O/c1-10-4-2-3-5-11(10)9-15-13(16)12-6-7-14-8-12/h2-5,12,14H,6-9H2,1H3,(H,15,16). The molecule has 2 N–H and O–H groups in total. The highest BCUT2D eigenvalue weighted by atomic mass is 16.1. The number of aryl methyl sites for hydroxylation is 1. The zero-order valence-corrected chi connectivity index (χ0v) is 9.62. The maximum atomic E-state index is 11.8. The van der Waals surface area contributed by atoms with Gasteiger partial charge in [-0.2, -0.15) is 0 Å². The summed E-state index contributed by atoms with van der Waals surface area (Å²) in [6.45, 7) is 4.49. The van der Waals surface area contributed by atoms with Crippen molar-refractivity contribution in [2.45, 2.75) is 19.9 Å². The van der Waals surface area contributed by atoms with E-state index in [1.165, 1.54) is 11.1 Å². The Balaban J connectivity index is 1.87. The molecule has 3 heteroatoms. The minimum Gasteiger partial charge on any atom is -0.352 e. The van der Waals surface area contributed by atoms with Crippen LogP contribution in [0.3, 0.4) is 0 Å². The second-order valence-electron chi connectivity index (χ2n) is 4.33. The lowest BCUT2D eigenvalue weighted by molar-refractivity contribution is -0.124. The van der Waals surface area contributed by atoms with Crippen molar-refractivity contribution < 1.29 is 4.79 Å². The predicted molar refractivity (Wildman–Crippen MR) is 64.0 cm³/mol. The van der Waals surface area contributed by atoms with Gasteiger partial charge in [0.1, 0.15) is 0 Å². The van der Waals surface area contributed by atoms with Crippen LogP contribution < -0.4 is 10.6 Å². The maximum Gasteiger partial charge on any atom is 0.224 e. The van der Waals surface area contributed by atoms with Crippen LogP contribution in [-0.2, 0) is 11.3 Å². The Morgan fingerprint density at radius 3 is 3.00 bits per heavy atom. The molecule has 2 rings (SSSR count). The summed E-state index contributed by atoms with van der Waals surface area (Å²) in [4.78, 5) is 11.8. The van der Waals surface area contributed by atoms with Crippen LogP contribution in [0.2, 0.25) is 0 Å². The zero-order valence-electron chi connectivity index (χ0n) is 9.62. The number of nitrogens with one attached hydrogen (secondary N) is 2. The van der Waals surface area contributed by atoms with E-state index < -0.39 is 0 Å². The molecule has 16 heavy (non-hydrogen) atoms. The molecular weight excluding hydrogens is 200 g/mol. The number of hydrogen-bond donors (Lipinski definition) is 2. The highest BCUT2D eigenvalue weighted by molar-refractivity contribution is 5.79. The molecule has 0 saturated carbocycles. The zero-order chi connectivity index (χ0) is 11.4. The van der Waals surface area contributed by atoms with Crippen molar-refractivity contribution in [1.82, 2.24) is 10.6 Å². The van der Waals surface area contributed by atoms with Crippen LogP contribution in [0, 0.1) is 12.8 Å². The van der Waals surface area contributed by atoms with Gasteiger partial charge in [0.15, 0.2) is 0 Å². The molecule has 0 spiro atoms. The molecule has 0 aliphatic carbocycles. The summed E-state index contributed by atoms with van der Waals surface area (Å²) in [5, 5.41) is 6.20. The third kappa shape index (κ3) is 2.61. The van der Waals surface area contributed by atoms with Gasteiger partial charge in [0, 0.05) is 13.1 Å². The number of amides is 1. The van der Waals surface area contributed by atoms with E-state index in [4.69, 9.17) is 0 Å². The van der Waals surface area contributed by atoms with Crippen LogP contribution in [-0.4, -0.2) is 19.0 Å². The third-order valence-corrected chi connectivity index (χ3v) is 3.15. The normalized spacial score (nSPS) is 19.7. The van der Waals surface area contributed by atoms with E-state index in [9.17, 15) is 4.79 Å². The topological polar surface area (TPSA) is 41.1 Å². The van der Waals surface area contributed by atoms with Crippen molar-refractivity contribution in [2.24, 2.45) is 5.92 Å². The lowest BCUT2D eigenvalue weighted by Gasteiger charge is -2.11. The van der Waals surface area contributed by atoms with E-state index in [0.29, 0.717) is 6.54 Å². The van der Waals surface area contributed by atoms with Crippen LogP contribution >= 0.6 is 0 Å². The van der Waals surface area contributed by atoms with E-state index in [1.807, 2.05) is 12.1 Å². The second-order valence-corrected chi connectivity index (χ2v) is 4.33. The highest BCUT2D eigenvalue weighted by Gasteiger charge is 2.21. The van der Waals surface area contributed by atoms with E-state index in [1.54, 1.807) is 0 Å². The summed E-state index contributed by atoms with van der Waals surface area (Å²) >= 11 is 0. The minimum absolute atomic E-state index is 0.156. The van der Waals surface area contributed by atoms with E-state index in [0.717, 1.165) is 19.5 Å². The van der Waals surface area contributed by atoms with Crippen molar-refractivity contribution in [3.05, 3.63) is 35.4 Å². The molecule has 1 unspecified atom stereocenters. The Kier molecular flexibility index (Phi) is 3.57. The summed E-state index contributed by atoms with van der Waals surface area (Å²) in [6, 6.07) is 8.15. The largest absolute Gasteiger partial charge is 0.352 e. The summed E-state index contributed by atoms with van der Waals surface area (Å²) in [5.41, 5.74) is 2.43. The Morgan fingerprint density at radius 1 is 1.50 bits per heavy atom. The van der Waals surface area contributed by atoms with E-state index >= 15 is 0 Å². The van der Waals surface area contributed by atoms with Crippen LogP contribution in [0.5, 0.6) is 0 Å². The summed E-state index contributed by atoms with van der Waals surface area (Å²) in [6.07, 6.45) is 0.958. The maximum absolute atomic E-state index is 11.8. The molecular formula is C13H18N2O. The van der Waals surface area contributed by atoms with E-state index in [-0.39, 0.29) is 11.8 Å². The summed E-state index contributed by atoms with van der Waals surface area (Å²) in [5.74, 6) is 0.331. The van der Waals surface area contributed by atoms with Gasteiger partial charge < -0.3 is 10.6 Å². The van der Waals surface area contributed by atoms with Crippen molar-refractivity contribution in [1.29, 1.82) is 0 Å². The number of carbonyl (C=O) groups is 1. The number of rotatable bonds is 3. The van der Waals surface area contributed by atoms with Gasteiger partial charge in [-0.3, -0.25) is 4.79 Å². The average molecular weight is 218 g/mol. The van der Waals surface area contributed by atoms with Gasteiger partial charge in [-0.15, -0.1) is 0 Å². The first-order valence-electron chi connectivity index (χ1n) is 5.80. The fourth-order valence-corrected chi connectivity index (χ4v) is 2.01. The predicted octanol–water partition coefficient (Wildman–Crippen LogP) is 1.22. The van der Waals surface area contributed by atoms with Gasteiger partial charge in [0.05, 0.1) is 5.92 Å². The Hall–Kier alpha value is -1.35. The quantitative estimate of drug-likeness (QED) is 0.801. The second kappa shape index (κ2) is 5.12. The molecule has 1 fully saturated rings. The monoisotopic (exact) mass is 218 g/mol. The first-order chi connectivity index (χ1) is 7.77. The van der Waals surface area contributed by atoms with Crippen LogP contribution in [0.15, 0.2) is 24.3 Å². The number of hydrogen-bond acceptors (Lipinski definition) is 2. The SMILES string of the molecule is Cc1ccccc1CNC(=O)C1CCNC1. The van der Waals surface area contributed by atoms with Gasteiger partial charge in [0.2, 0.25) is 5.91 Å². The van der Waals surface area contributed by atoms with Gasteiger partial charge in [-0.25, -0.2) is 0 Å². The number of benzene rings is 1. The fraction of sp³-hybridized carbons (Fsp3) is 0.462. The molecule has 86 valence electrons. The Bertz CT molecular complexity index is 370. The molecule has 1 aromatic rings. The Morgan fingerprint density at radius 2 is 2.31 bits per heavy atom. The van der Waals surface area contributed by atoms with Crippen molar-refractivity contribution in [3.63, 3.8) is 0 Å². The molecule has 1 atom stereocenters. The number of carbonyl (C=O) groups excluding carboxylic acids is 1. The minimum atomic E-state index is 0.156. The Labute approximate surface area is 96.2 Å². The molecule has 0 bridgehead atoms. The highest BCUT2D eigenvalue weighted by Crippen LogP contribution is 2.09. The molecule has 1 saturated heterocycles. The van der Waals surface area contributed by atoms with E-state index in [2.05, 4.69) is 29.7 Å². The van der Waals surface area contributed by atoms with Gasteiger partial charge >= 0.3 is 0 Å². The lowest BCUT2D eigenvalue weighted by atomic mass is 10.1. The first-order valence-corrected chi connectivity index (χ1v) is 5.80. The van der Waals surface area contributed by atoms with Crippen molar-refractivity contribution in [2.75, 3.05) is 13.1 Å². The molecule has 0 aromatic heterocycles. The van der Waals surface area contributed by atoms with Crippen LogP contribution in [0.4, 0.5) is 0 Å². The molecule has 3 nitrogen and oxygen atoms in total. The van der Waals surface area contributed by atoms with Gasteiger partial charge in [-0.1, -0.05) is 24.3 Å². The lowest BCUT2D eigenvalue weighted by Crippen LogP contribution is -2.31. The summed E-state index contributed by atoms with van der Waals surface area (Å²) in [7, 11) is 0. The van der Waals surface area contributed by atoms with Crippen molar-refractivity contribution in [3.8, 4) is 0 Å². The molecule has 1 amide bonds. The third-order valence-electron chi connectivity index (χ3n) is 3.15. The molecule has 1 aromatic carbocycles.